The van der Waals surface area contributed by atoms with Crippen molar-refractivity contribution in [3.8, 4) is 0 Å². The maximum absolute atomic E-state index is 13.8. The fourth-order valence-corrected chi connectivity index (χ4v) is 2.01. The summed E-state index contributed by atoms with van der Waals surface area (Å²) in [7, 11) is 0. The molecule has 0 fully saturated rings. The first-order valence-electron chi connectivity index (χ1n) is 6.26. The number of benzene rings is 1. The summed E-state index contributed by atoms with van der Waals surface area (Å²) in [6.45, 7) is 8.39. The maximum Gasteiger partial charge on any atom is 0.133 e. The highest BCUT2D eigenvalue weighted by Gasteiger charge is 2.27. The molecule has 1 aromatic rings. The zero-order chi connectivity index (χ0) is 13.9. The van der Waals surface area contributed by atoms with Gasteiger partial charge < -0.3 is 5.32 Å². The molecule has 0 spiro atoms. The molecule has 1 aromatic carbocycles. The number of hydrogen-bond donors (Lipinski definition) is 1. The molecular weight excluding hydrogens is 239 g/mol. The van der Waals surface area contributed by atoms with E-state index in [1.54, 1.807) is 0 Å². The van der Waals surface area contributed by atoms with Gasteiger partial charge in [-0.05, 0) is 18.4 Å². The van der Waals surface area contributed by atoms with Gasteiger partial charge in [0.1, 0.15) is 17.5 Å². The van der Waals surface area contributed by atoms with E-state index in [2.05, 4.69) is 5.32 Å². The van der Waals surface area contributed by atoms with Gasteiger partial charge in [-0.1, -0.05) is 27.7 Å². The smallest absolute Gasteiger partial charge is 0.133 e. The predicted octanol–water partition coefficient (Wildman–Crippen LogP) is 4.05. The summed E-state index contributed by atoms with van der Waals surface area (Å²) < 4.78 is 40.5. The molecule has 18 heavy (non-hydrogen) atoms. The molecule has 0 amide bonds. The van der Waals surface area contributed by atoms with Crippen molar-refractivity contribution in [2.45, 2.75) is 33.7 Å². The molecule has 2 atom stereocenters. The number of halogens is 3. The van der Waals surface area contributed by atoms with Crippen molar-refractivity contribution in [2.75, 3.05) is 6.54 Å². The summed E-state index contributed by atoms with van der Waals surface area (Å²) in [6, 6.07) is 1.02. The first kappa shape index (κ1) is 15.0. The van der Waals surface area contributed by atoms with Gasteiger partial charge in [-0.15, -0.1) is 0 Å². The summed E-state index contributed by atoms with van der Waals surface area (Å²) >= 11 is 0. The minimum Gasteiger partial charge on any atom is -0.310 e. The molecular formula is C14H20F3N. The van der Waals surface area contributed by atoms with Gasteiger partial charge in [-0.25, -0.2) is 13.2 Å². The lowest BCUT2D eigenvalue weighted by Crippen LogP contribution is -2.31. The Morgan fingerprint density at radius 2 is 1.56 bits per heavy atom. The van der Waals surface area contributed by atoms with E-state index in [9.17, 15) is 13.2 Å². The van der Waals surface area contributed by atoms with Gasteiger partial charge in [0.05, 0.1) is 0 Å². The molecule has 1 rings (SSSR count). The number of nitrogens with one attached hydrogen (secondary N) is 1. The Hall–Kier alpha value is -1.03. The summed E-state index contributed by atoms with van der Waals surface area (Å²) in [5.41, 5.74) is -0.0700. The van der Waals surface area contributed by atoms with Crippen molar-refractivity contribution >= 4 is 0 Å². The van der Waals surface area contributed by atoms with Gasteiger partial charge in [0.2, 0.25) is 0 Å². The minimum absolute atomic E-state index is 0.0411. The molecule has 0 bridgehead atoms. The number of hydrogen-bond acceptors (Lipinski definition) is 1. The third kappa shape index (κ3) is 3.25. The molecule has 0 saturated heterocycles. The van der Waals surface area contributed by atoms with E-state index in [4.69, 9.17) is 0 Å². The monoisotopic (exact) mass is 259 g/mol. The van der Waals surface area contributed by atoms with Crippen molar-refractivity contribution in [1.29, 1.82) is 0 Å². The maximum atomic E-state index is 13.8. The second-order valence-electron chi connectivity index (χ2n) is 4.92. The van der Waals surface area contributed by atoms with Crippen LogP contribution in [0.2, 0.25) is 0 Å². The molecule has 0 saturated carbocycles. The summed E-state index contributed by atoms with van der Waals surface area (Å²) in [5.74, 6) is -2.24. The first-order valence-corrected chi connectivity index (χ1v) is 6.26. The van der Waals surface area contributed by atoms with Crippen LogP contribution in [0.15, 0.2) is 12.1 Å². The Morgan fingerprint density at radius 3 is 1.94 bits per heavy atom. The topological polar surface area (TPSA) is 12.0 Å². The van der Waals surface area contributed by atoms with Gasteiger partial charge in [0.25, 0.3) is 0 Å². The SMILES string of the molecule is CCNC(c1c(F)cc(F)cc1F)C(C)C(C)C. The Labute approximate surface area is 106 Å². The second-order valence-corrected chi connectivity index (χ2v) is 4.92. The molecule has 0 aromatic heterocycles. The standard InChI is InChI=1S/C14H20F3N/c1-5-18-14(9(4)8(2)3)13-11(16)6-10(15)7-12(13)17/h6-9,14,18H,5H2,1-4H3. The van der Waals surface area contributed by atoms with Crippen molar-refractivity contribution in [2.24, 2.45) is 11.8 Å². The van der Waals surface area contributed by atoms with Crippen LogP contribution in [0, 0.1) is 29.3 Å². The van der Waals surface area contributed by atoms with Crippen LogP contribution in [-0.4, -0.2) is 6.54 Å². The van der Waals surface area contributed by atoms with E-state index in [0.717, 1.165) is 12.1 Å². The highest BCUT2D eigenvalue weighted by Crippen LogP contribution is 2.31. The first-order chi connectivity index (χ1) is 8.38. The predicted molar refractivity (Wildman–Crippen MR) is 66.7 cm³/mol. The van der Waals surface area contributed by atoms with Gasteiger partial charge in [-0.3, -0.25) is 0 Å². The van der Waals surface area contributed by atoms with Crippen LogP contribution < -0.4 is 5.32 Å². The van der Waals surface area contributed by atoms with E-state index in [1.807, 2.05) is 27.7 Å². The third-order valence-corrected chi connectivity index (χ3v) is 3.36. The molecule has 4 heteroatoms. The lowest BCUT2D eigenvalue weighted by atomic mass is 9.85. The van der Waals surface area contributed by atoms with Crippen molar-refractivity contribution in [3.63, 3.8) is 0 Å². The molecule has 0 radical (unpaired) electrons. The third-order valence-electron chi connectivity index (χ3n) is 3.36. The van der Waals surface area contributed by atoms with E-state index in [1.165, 1.54) is 0 Å². The van der Waals surface area contributed by atoms with Gasteiger partial charge >= 0.3 is 0 Å². The molecule has 0 aliphatic carbocycles. The van der Waals surface area contributed by atoms with E-state index in [0.29, 0.717) is 6.54 Å². The van der Waals surface area contributed by atoms with Crippen LogP contribution in [0.4, 0.5) is 13.2 Å². The second kappa shape index (κ2) is 6.23. The molecule has 2 unspecified atom stereocenters. The van der Waals surface area contributed by atoms with Crippen LogP contribution >= 0.6 is 0 Å². The largest absolute Gasteiger partial charge is 0.310 e. The quantitative estimate of drug-likeness (QED) is 0.841. The molecule has 1 N–H and O–H groups in total. The highest BCUT2D eigenvalue weighted by molar-refractivity contribution is 5.25. The van der Waals surface area contributed by atoms with Gasteiger partial charge in [-0.2, -0.15) is 0 Å². The van der Waals surface area contributed by atoms with Crippen LogP contribution in [0.1, 0.15) is 39.3 Å². The summed E-state index contributed by atoms with van der Waals surface area (Å²) in [5, 5.41) is 3.08. The summed E-state index contributed by atoms with van der Waals surface area (Å²) in [6.07, 6.45) is 0. The Balaban J connectivity index is 3.21. The lowest BCUT2D eigenvalue weighted by molar-refractivity contribution is 0.292. The van der Waals surface area contributed by atoms with Crippen LogP contribution in [0.25, 0.3) is 0 Å². The molecule has 0 aliphatic rings. The minimum atomic E-state index is -0.888. The molecule has 0 heterocycles. The average Bonchev–Trinajstić information content (AvgIpc) is 2.25. The Kier molecular flexibility index (Phi) is 5.20. The summed E-state index contributed by atoms with van der Waals surface area (Å²) in [4.78, 5) is 0. The fraction of sp³-hybridized carbons (Fsp3) is 0.571. The zero-order valence-corrected chi connectivity index (χ0v) is 11.2. The van der Waals surface area contributed by atoms with Gasteiger partial charge in [0.15, 0.2) is 0 Å². The van der Waals surface area contributed by atoms with Crippen LogP contribution in [-0.2, 0) is 0 Å². The van der Waals surface area contributed by atoms with E-state index < -0.39 is 23.5 Å². The zero-order valence-electron chi connectivity index (χ0n) is 11.2. The van der Waals surface area contributed by atoms with Crippen LogP contribution in [0.3, 0.4) is 0 Å². The molecule has 0 aliphatic heterocycles. The highest BCUT2D eigenvalue weighted by atomic mass is 19.1. The van der Waals surface area contributed by atoms with E-state index in [-0.39, 0.29) is 17.4 Å². The van der Waals surface area contributed by atoms with Crippen LogP contribution in [0.5, 0.6) is 0 Å². The van der Waals surface area contributed by atoms with E-state index >= 15 is 0 Å². The fourth-order valence-electron chi connectivity index (χ4n) is 2.01. The Morgan fingerprint density at radius 1 is 1.06 bits per heavy atom. The number of rotatable bonds is 5. The Bertz CT molecular complexity index is 381. The lowest BCUT2D eigenvalue weighted by Gasteiger charge is -2.28. The average molecular weight is 259 g/mol. The van der Waals surface area contributed by atoms with Crippen molar-refractivity contribution in [1.82, 2.24) is 5.32 Å². The van der Waals surface area contributed by atoms with Gasteiger partial charge in [0, 0.05) is 23.7 Å². The van der Waals surface area contributed by atoms with Crippen molar-refractivity contribution < 1.29 is 13.2 Å². The molecule has 102 valence electrons. The normalized spacial score (nSPS) is 14.9. The molecule has 1 nitrogen and oxygen atoms in total. The van der Waals surface area contributed by atoms with Crippen molar-refractivity contribution in [3.05, 3.63) is 35.1 Å².